The van der Waals surface area contributed by atoms with Crippen LogP contribution in [0.3, 0.4) is 0 Å². The molecule has 0 aromatic rings. The van der Waals surface area contributed by atoms with E-state index in [1.165, 1.54) is 4.31 Å². The summed E-state index contributed by atoms with van der Waals surface area (Å²) in [6, 6.07) is 0.0308. The summed E-state index contributed by atoms with van der Waals surface area (Å²) in [5.74, 6) is -0.951. The Bertz CT molecular complexity index is 433. The Morgan fingerprint density at radius 3 is 2.53 bits per heavy atom. The molecule has 0 radical (unpaired) electrons. The Labute approximate surface area is 114 Å². The van der Waals surface area contributed by atoms with Crippen molar-refractivity contribution < 1.29 is 18.3 Å². The third-order valence-electron chi connectivity index (χ3n) is 3.83. The quantitative estimate of drug-likeness (QED) is 0.793. The molecule has 0 amide bonds. The van der Waals surface area contributed by atoms with Crippen LogP contribution in [0.15, 0.2) is 0 Å². The molecule has 1 aliphatic carbocycles. The minimum Gasteiger partial charge on any atom is -0.481 e. The zero-order valence-corrected chi connectivity index (χ0v) is 12.1. The van der Waals surface area contributed by atoms with Gasteiger partial charge in [-0.15, -0.1) is 0 Å². The van der Waals surface area contributed by atoms with Crippen LogP contribution in [0.25, 0.3) is 0 Å². The van der Waals surface area contributed by atoms with E-state index in [9.17, 15) is 13.2 Å². The average molecular weight is 290 g/mol. The maximum absolute atomic E-state index is 12.6. The minimum absolute atomic E-state index is 0.0125. The van der Waals surface area contributed by atoms with Gasteiger partial charge in [0.15, 0.2) is 0 Å². The van der Waals surface area contributed by atoms with E-state index in [1.54, 1.807) is 4.31 Å². The molecule has 7 heteroatoms. The van der Waals surface area contributed by atoms with E-state index < -0.39 is 16.2 Å². The summed E-state index contributed by atoms with van der Waals surface area (Å²) in [5, 5.41) is 8.76. The average Bonchev–Trinajstić information content (AvgIpc) is 3.13. The number of hydrogen-bond acceptors (Lipinski definition) is 3. The summed E-state index contributed by atoms with van der Waals surface area (Å²) in [5.41, 5.74) is 0. The summed E-state index contributed by atoms with van der Waals surface area (Å²) in [6.07, 6.45) is 4.41. The van der Waals surface area contributed by atoms with E-state index in [4.69, 9.17) is 5.11 Å². The second-order valence-electron chi connectivity index (χ2n) is 5.45. The summed E-state index contributed by atoms with van der Waals surface area (Å²) in [7, 11) is -3.50. The molecule has 1 unspecified atom stereocenters. The lowest BCUT2D eigenvalue weighted by Gasteiger charge is -2.36. The van der Waals surface area contributed by atoms with Crippen molar-refractivity contribution in [2.45, 2.75) is 57.5 Å². The number of carboxylic acids is 1. The topological polar surface area (TPSA) is 77.9 Å². The number of hydrogen-bond donors (Lipinski definition) is 1. The molecular weight excluding hydrogens is 268 g/mol. The highest BCUT2D eigenvalue weighted by molar-refractivity contribution is 7.86. The third-order valence-corrected chi connectivity index (χ3v) is 6.04. The molecule has 0 aromatic carbocycles. The minimum atomic E-state index is -3.50. The van der Waals surface area contributed by atoms with Crippen molar-refractivity contribution in [1.29, 1.82) is 0 Å². The number of piperidine rings is 1. The van der Waals surface area contributed by atoms with Gasteiger partial charge < -0.3 is 5.11 Å². The molecule has 6 nitrogen and oxygen atoms in total. The Morgan fingerprint density at radius 2 is 2.00 bits per heavy atom. The normalized spacial score (nSPS) is 25.7. The highest BCUT2D eigenvalue weighted by atomic mass is 32.2. The van der Waals surface area contributed by atoms with Gasteiger partial charge in [-0.25, -0.2) is 0 Å². The summed E-state index contributed by atoms with van der Waals surface area (Å²) in [4.78, 5) is 10.7. The zero-order chi connectivity index (χ0) is 14.0. The van der Waals surface area contributed by atoms with E-state index >= 15 is 0 Å². The summed E-state index contributed by atoms with van der Waals surface area (Å²) < 4.78 is 28.3. The second kappa shape index (κ2) is 5.76. The van der Waals surface area contributed by atoms with E-state index in [-0.39, 0.29) is 25.0 Å². The van der Waals surface area contributed by atoms with Crippen LogP contribution in [0.4, 0.5) is 0 Å². The molecule has 2 fully saturated rings. The van der Waals surface area contributed by atoms with Crippen LogP contribution in [0, 0.1) is 0 Å². The van der Waals surface area contributed by atoms with Gasteiger partial charge >= 0.3 is 5.97 Å². The van der Waals surface area contributed by atoms with Crippen LogP contribution in [0.1, 0.15) is 45.4 Å². The van der Waals surface area contributed by atoms with Crippen molar-refractivity contribution >= 4 is 16.2 Å². The smallest absolute Gasteiger partial charge is 0.304 e. The predicted molar refractivity (Wildman–Crippen MR) is 70.9 cm³/mol. The molecule has 1 saturated heterocycles. The lowest BCUT2D eigenvalue weighted by atomic mass is 10.1. The van der Waals surface area contributed by atoms with E-state index in [0.717, 1.165) is 32.1 Å². The maximum atomic E-state index is 12.6. The molecule has 1 N–H and O–H groups in total. The van der Waals surface area contributed by atoms with Gasteiger partial charge in [0, 0.05) is 25.2 Å². The SMILES string of the molecule is CC1CCCCN1S(=O)(=O)N(CCC(=O)O)C1CC1. The molecular formula is C12H22N2O4S. The van der Waals surface area contributed by atoms with Crippen molar-refractivity contribution in [2.24, 2.45) is 0 Å². The van der Waals surface area contributed by atoms with Crippen molar-refractivity contribution in [2.75, 3.05) is 13.1 Å². The number of aliphatic carboxylic acids is 1. The fourth-order valence-corrected chi connectivity index (χ4v) is 4.70. The molecule has 110 valence electrons. The molecule has 1 saturated carbocycles. The van der Waals surface area contributed by atoms with Crippen LogP contribution in [0.5, 0.6) is 0 Å². The van der Waals surface area contributed by atoms with E-state index in [0.29, 0.717) is 6.54 Å². The standard InChI is InChI=1S/C12H22N2O4S/c1-10-4-2-3-8-13(10)19(17,18)14(11-5-6-11)9-7-12(15)16/h10-11H,2-9H2,1H3,(H,15,16). The zero-order valence-electron chi connectivity index (χ0n) is 11.3. The Balaban J connectivity index is 2.11. The Morgan fingerprint density at radius 1 is 1.32 bits per heavy atom. The first kappa shape index (κ1) is 14.7. The lowest BCUT2D eigenvalue weighted by molar-refractivity contribution is -0.137. The van der Waals surface area contributed by atoms with Gasteiger partial charge in [-0.1, -0.05) is 6.42 Å². The van der Waals surface area contributed by atoms with Crippen LogP contribution in [-0.4, -0.2) is 53.3 Å². The summed E-state index contributed by atoms with van der Waals surface area (Å²) >= 11 is 0. The molecule has 1 heterocycles. The van der Waals surface area contributed by atoms with Gasteiger partial charge in [0.05, 0.1) is 6.42 Å². The van der Waals surface area contributed by atoms with Gasteiger partial charge in [0.1, 0.15) is 0 Å². The first-order chi connectivity index (χ1) is 8.93. The molecule has 0 aromatic heterocycles. The highest BCUT2D eigenvalue weighted by Crippen LogP contribution is 2.32. The van der Waals surface area contributed by atoms with Crippen LogP contribution in [-0.2, 0) is 15.0 Å². The van der Waals surface area contributed by atoms with Crippen molar-refractivity contribution in [3.8, 4) is 0 Å². The third kappa shape index (κ3) is 3.46. The molecule has 2 aliphatic rings. The molecule has 2 rings (SSSR count). The first-order valence-electron chi connectivity index (χ1n) is 6.93. The van der Waals surface area contributed by atoms with E-state index in [2.05, 4.69) is 0 Å². The molecule has 19 heavy (non-hydrogen) atoms. The van der Waals surface area contributed by atoms with Gasteiger partial charge in [-0.05, 0) is 32.6 Å². The molecule has 1 atom stereocenters. The summed E-state index contributed by atoms with van der Waals surface area (Å²) in [6.45, 7) is 2.57. The van der Waals surface area contributed by atoms with E-state index in [1.807, 2.05) is 6.92 Å². The molecule has 1 aliphatic heterocycles. The molecule has 0 bridgehead atoms. The Kier molecular flexibility index (Phi) is 4.47. The maximum Gasteiger partial charge on any atom is 0.304 e. The Hall–Kier alpha value is -0.660. The fraction of sp³-hybridized carbons (Fsp3) is 0.917. The van der Waals surface area contributed by atoms with Crippen LogP contribution < -0.4 is 0 Å². The van der Waals surface area contributed by atoms with Crippen LogP contribution in [0.2, 0.25) is 0 Å². The lowest BCUT2D eigenvalue weighted by Crippen LogP contribution is -2.50. The molecule has 0 spiro atoms. The monoisotopic (exact) mass is 290 g/mol. The van der Waals surface area contributed by atoms with Gasteiger partial charge in [-0.2, -0.15) is 17.0 Å². The van der Waals surface area contributed by atoms with Gasteiger partial charge in [0.25, 0.3) is 10.2 Å². The first-order valence-corrected chi connectivity index (χ1v) is 8.33. The van der Waals surface area contributed by atoms with Crippen molar-refractivity contribution in [3.63, 3.8) is 0 Å². The van der Waals surface area contributed by atoms with Crippen molar-refractivity contribution in [3.05, 3.63) is 0 Å². The van der Waals surface area contributed by atoms with Crippen LogP contribution >= 0.6 is 0 Å². The predicted octanol–water partition coefficient (Wildman–Crippen LogP) is 1.04. The fourth-order valence-electron chi connectivity index (χ4n) is 2.60. The van der Waals surface area contributed by atoms with Gasteiger partial charge in [0.2, 0.25) is 0 Å². The number of rotatable bonds is 6. The number of nitrogens with zero attached hydrogens (tertiary/aromatic N) is 2. The second-order valence-corrected chi connectivity index (χ2v) is 7.28. The largest absolute Gasteiger partial charge is 0.481 e. The highest BCUT2D eigenvalue weighted by Gasteiger charge is 2.42. The number of carbonyl (C=O) groups is 1. The number of carboxylic acid groups (broad SMARTS) is 1. The van der Waals surface area contributed by atoms with Gasteiger partial charge in [-0.3, -0.25) is 4.79 Å². The van der Waals surface area contributed by atoms with Crippen molar-refractivity contribution in [1.82, 2.24) is 8.61 Å².